The van der Waals surface area contributed by atoms with Crippen LogP contribution >= 0.6 is 0 Å². The first-order valence-electron chi connectivity index (χ1n) is 7.37. The monoisotopic (exact) mass is 274 g/mol. The van der Waals surface area contributed by atoms with E-state index in [-0.39, 0.29) is 11.8 Å². The van der Waals surface area contributed by atoms with Crippen molar-refractivity contribution >= 4 is 5.91 Å². The molecule has 1 aromatic carbocycles. The van der Waals surface area contributed by atoms with Gasteiger partial charge in [0.1, 0.15) is 0 Å². The molecule has 1 aliphatic heterocycles. The van der Waals surface area contributed by atoms with Gasteiger partial charge < -0.3 is 14.8 Å². The van der Waals surface area contributed by atoms with Gasteiger partial charge in [0.15, 0.2) is 11.5 Å². The zero-order chi connectivity index (χ0) is 13.9. The van der Waals surface area contributed by atoms with Gasteiger partial charge >= 0.3 is 0 Å². The Labute approximate surface area is 119 Å². The van der Waals surface area contributed by atoms with E-state index in [0.29, 0.717) is 19.1 Å². The molecule has 0 aromatic heterocycles. The molecule has 4 nitrogen and oxygen atoms in total. The molecule has 0 spiro atoms. The smallest absolute Gasteiger partial charge is 0.220 e. The molecule has 1 saturated heterocycles. The molecular formula is C16H21NO3. The average Bonchev–Trinajstić information content (AvgIpc) is 3.10. The highest BCUT2D eigenvalue weighted by Crippen LogP contribution is 2.35. The van der Waals surface area contributed by atoms with E-state index < -0.39 is 0 Å². The maximum atomic E-state index is 11.3. The van der Waals surface area contributed by atoms with Crippen molar-refractivity contribution in [2.75, 3.05) is 13.7 Å². The predicted octanol–water partition coefficient (Wildman–Crippen LogP) is 2.62. The molecule has 1 saturated carbocycles. The van der Waals surface area contributed by atoms with E-state index >= 15 is 0 Å². The average molecular weight is 274 g/mol. The lowest BCUT2D eigenvalue weighted by atomic mass is 9.98. The SMILES string of the molecule is [11CH3]Oc1ccc([C@H]2CNC(=O)C2)cc1OC1CCCC1. The molecule has 1 heterocycles. The molecule has 3 rings (SSSR count). The van der Waals surface area contributed by atoms with Gasteiger partial charge in [0.2, 0.25) is 5.91 Å². The van der Waals surface area contributed by atoms with Crippen LogP contribution in [0.1, 0.15) is 43.6 Å². The number of methoxy groups -OCH3 is 1. The summed E-state index contributed by atoms with van der Waals surface area (Å²) < 4.78 is 11.5. The van der Waals surface area contributed by atoms with Gasteiger partial charge in [-0.3, -0.25) is 4.79 Å². The Balaban J connectivity index is 1.80. The summed E-state index contributed by atoms with van der Waals surface area (Å²) >= 11 is 0. The van der Waals surface area contributed by atoms with Crippen molar-refractivity contribution in [2.24, 2.45) is 0 Å². The van der Waals surface area contributed by atoms with E-state index in [1.807, 2.05) is 18.2 Å². The van der Waals surface area contributed by atoms with Gasteiger partial charge in [0, 0.05) is 18.9 Å². The van der Waals surface area contributed by atoms with Crippen molar-refractivity contribution in [3.63, 3.8) is 0 Å². The van der Waals surface area contributed by atoms with Crippen LogP contribution in [0.3, 0.4) is 0 Å². The van der Waals surface area contributed by atoms with Crippen molar-refractivity contribution in [2.45, 2.75) is 44.1 Å². The van der Waals surface area contributed by atoms with Gasteiger partial charge in [-0.05, 0) is 43.4 Å². The van der Waals surface area contributed by atoms with E-state index in [0.717, 1.165) is 29.9 Å². The summed E-state index contributed by atoms with van der Waals surface area (Å²) in [6.45, 7) is 0.716. The Morgan fingerprint density at radius 1 is 1.20 bits per heavy atom. The van der Waals surface area contributed by atoms with E-state index in [1.54, 1.807) is 7.11 Å². The Morgan fingerprint density at radius 3 is 2.65 bits per heavy atom. The summed E-state index contributed by atoms with van der Waals surface area (Å²) in [5, 5.41) is 2.88. The molecule has 2 fully saturated rings. The fourth-order valence-corrected chi connectivity index (χ4v) is 3.07. The van der Waals surface area contributed by atoms with Crippen LogP contribution in [0.2, 0.25) is 0 Å². The summed E-state index contributed by atoms with van der Waals surface area (Å²) in [6, 6.07) is 6.02. The van der Waals surface area contributed by atoms with Crippen LogP contribution in [-0.4, -0.2) is 25.7 Å². The van der Waals surface area contributed by atoms with E-state index in [9.17, 15) is 4.79 Å². The number of carbonyl (C=O) groups excluding carboxylic acids is 1. The second kappa shape index (κ2) is 5.73. The first kappa shape index (κ1) is 13.3. The number of amides is 1. The van der Waals surface area contributed by atoms with Gasteiger partial charge in [-0.2, -0.15) is 0 Å². The third-order valence-corrected chi connectivity index (χ3v) is 4.23. The number of hydrogen-bond acceptors (Lipinski definition) is 3. The maximum absolute atomic E-state index is 11.3. The quantitative estimate of drug-likeness (QED) is 0.918. The lowest BCUT2D eigenvalue weighted by Crippen LogP contribution is -2.14. The molecule has 1 amide bonds. The first-order valence-corrected chi connectivity index (χ1v) is 7.37. The second-order valence-corrected chi connectivity index (χ2v) is 5.64. The molecule has 0 bridgehead atoms. The van der Waals surface area contributed by atoms with Crippen molar-refractivity contribution in [1.82, 2.24) is 5.32 Å². The first-order chi connectivity index (χ1) is 9.76. The van der Waals surface area contributed by atoms with Crippen LogP contribution in [0.25, 0.3) is 0 Å². The van der Waals surface area contributed by atoms with Gasteiger partial charge in [-0.15, -0.1) is 0 Å². The summed E-state index contributed by atoms with van der Waals surface area (Å²) in [5.74, 6) is 1.97. The molecular weight excluding hydrogens is 253 g/mol. The lowest BCUT2D eigenvalue weighted by Gasteiger charge is -2.18. The Kier molecular flexibility index (Phi) is 3.81. The predicted molar refractivity (Wildman–Crippen MR) is 76.2 cm³/mol. The standard InChI is InChI=1S/C16H21NO3/c1-19-14-7-6-11(12-9-16(18)17-10-12)8-15(14)20-13-4-2-3-5-13/h6-8,12-13H,2-5,9-10H2,1H3,(H,17,18)/t12-/m1/s1/i1-1. The largest absolute Gasteiger partial charge is 0.493 e. The Hall–Kier alpha value is -1.71. The van der Waals surface area contributed by atoms with Crippen LogP contribution in [0.5, 0.6) is 11.5 Å². The van der Waals surface area contributed by atoms with E-state index in [4.69, 9.17) is 9.47 Å². The molecule has 1 aromatic rings. The Bertz CT molecular complexity index is 494. The number of rotatable bonds is 4. The minimum Gasteiger partial charge on any atom is -0.493 e. The molecule has 2 aliphatic rings. The van der Waals surface area contributed by atoms with Crippen LogP contribution in [0, 0.1) is 0 Å². The minimum absolute atomic E-state index is 0.129. The fourth-order valence-electron chi connectivity index (χ4n) is 3.07. The molecule has 4 heteroatoms. The molecule has 108 valence electrons. The molecule has 1 N–H and O–H groups in total. The van der Waals surface area contributed by atoms with Gasteiger partial charge in [0.05, 0.1) is 13.2 Å². The summed E-state index contributed by atoms with van der Waals surface area (Å²) in [6.07, 6.45) is 5.60. The van der Waals surface area contributed by atoms with E-state index in [1.165, 1.54) is 12.8 Å². The second-order valence-electron chi connectivity index (χ2n) is 5.64. The molecule has 1 aliphatic carbocycles. The van der Waals surface area contributed by atoms with Crippen LogP contribution in [0.15, 0.2) is 18.2 Å². The van der Waals surface area contributed by atoms with Crippen molar-refractivity contribution in [3.8, 4) is 11.5 Å². The number of benzene rings is 1. The highest BCUT2D eigenvalue weighted by molar-refractivity contribution is 5.79. The zero-order valence-electron chi connectivity index (χ0n) is 11.9. The third-order valence-electron chi connectivity index (χ3n) is 4.23. The highest BCUT2D eigenvalue weighted by atomic mass is 16.5. The number of ether oxygens (including phenoxy) is 2. The van der Waals surface area contributed by atoms with Gasteiger partial charge in [-0.1, -0.05) is 6.07 Å². The van der Waals surface area contributed by atoms with Crippen molar-refractivity contribution in [3.05, 3.63) is 23.8 Å². The molecule has 0 unspecified atom stereocenters. The summed E-state index contributed by atoms with van der Waals surface area (Å²) in [5.41, 5.74) is 1.15. The number of carbonyl (C=O) groups is 1. The summed E-state index contributed by atoms with van der Waals surface area (Å²) in [4.78, 5) is 11.3. The van der Waals surface area contributed by atoms with E-state index in [2.05, 4.69) is 5.32 Å². The molecule has 1 atom stereocenters. The van der Waals surface area contributed by atoms with Crippen LogP contribution in [-0.2, 0) is 4.79 Å². The minimum atomic E-state index is 0.129. The Morgan fingerprint density at radius 2 is 2.00 bits per heavy atom. The third kappa shape index (κ3) is 2.74. The maximum Gasteiger partial charge on any atom is 0.220 e. The molecule has 20 heavy (non-hydrogen) atoms. The van der Waals surface area contributed by atoms with Crippen molar-refractivity contribution in [1.29, 1.82) is 0 Å². The number of hydrogen-bond donors (Lipinski definition) is 1. The van der Waals surface area contributed by atoms with Gasteiger partial charge in [0.25, 0.3) is 0 Å². The fraction of sp³-hybridized carbons (Fsp3) is 0.562. The van der Waals surface area contributed by atoms with Crippen LogP contribution in [0.4, 0.5) is 0 Å². The van der Waals surface area contributed by atoms with Gasteiger partial charge in [-0.25, -0.2) is 0 Å². The topological polar surface area (TPSA) is 47.6 Å². The van der Waals surface area contributed by atoms with Crippen molar-refractivity contribution < 1.29 is 14.3 Å². The number of nitrogens with one attached hydrogen (secondary N) is 1. The summed E-state index contributed by atoms with van der Waals surface area (Å²) in [7, 11) is 1.66. The zero-order valence-corrected chi connectivity index (χ0v) is 11.9. The lowest BCUT2D eigenvalue weighted by molar-refractivity contribution is -0.119. The highest BCUT2D eigenvalue weighted by Gasteiger charge is 2.25. The van der Waals surface area contributed by atoms with Crippen LogP contribution < -0.4 is 14.8 Å². The molecule has 0 radical (unpaired) electrons. The normalized spacial score (nSPS) is 22.9.